The number of hydrogen-bond acceptors (Lipinski definition) is 5. The van der Waals surface area contributed by atoms with Gasteiger partial charge in [0.15, 0.2) is 11.5 Å². The molecule has 152 valence electrons. The topological polar surface area (TPSA) is 84.9 Å². The van der Waals surface area contributed by atoms with Crippen molar-refractivity contribution in [3.8, 4) is 23.8 Å². The van der Waals surface area contributed by atoms with E-state index in [0.29, 0.717) is 29.2 Å². The molecule has 1 fully saturated rings. The number of terminal acetylenes is 1. The van der Waals surface area contributed by atoms with E-state index in [1.165, 1.54) is 13.2 Å². The molecular weight excluding hydrogens is 384 g/mol. The molecular formula is C23H20N2O5. The van der Waals surface area contributed by atoms with E-state index in [2.05, 4.69) is 11.2 Å². The van der Waals surface area contributed by atoms with Crippen molar-refractivity contribution in [2.45, 2.75) is 13.3 Å². The molecule has 0 radical (unpaired) electrons. The van der Waals surface area contributed by atoms with E-state index in [-0.39, 0.29) is 12.2 Å². The standard InChI is InChI=1S/C23H20N2O5/c1-4-12-30-19-11-10-15(14-20(19)29-3)13-17-21(26)24-23(28)25(22(17)27)18-9-7-6-8-16(18)5-2/h1,6-11,13-14H,5,12H2,2-3H3,(H,24,26,28)/b17-13-. The lowest BCUT2D eigenvalue weighted by atomic mass is 10.0. The Morgan fingerprint density at radius 2 is 1.90 bits per heavy atom. The number of barbiturate groups is 1. The molecule has 0 spiro atoms. The summed E-state index contributed by atoms with van der Waals surface area (Å²) in [5, 5.41) is 2.23. The molecule has 0 aliphatic carbocycles. The van der Waals surface area contributed by atoms with Crippen molar-refractivity contribution in [3.05, 3.63) is 59.2 Å². The second-order valence-electron chi connectivity index (χ2n) is 6.34. The fourth-order valence-electron chi connectivity index (χ4n) is 3.08. The van der Waals surface area contributed by atoms with Crippen LogP contribution in [0.25, 0.3) is 6.08 Å². The lowest BCUT2D eigenvalue weighted by Crippen LogP contribution is -2.54. The number of nitrogens with one attached hydrogen (secondary N) is 1. The SMILES string of the molecule is C#CCOc1ccc(/C=C2/C(=O)NC(=O)N(c3ccccc3CC)C2=O)cc1OC. The van der Waals surface area contributed by atoms with Gasteiger partial charge >= 0.3 is 6.03 Å². The van der Waals surface area contributed by atoms with Gasteiger partial charge in [0.2, 0.25) is 0 Å². The zero-order chi connectivity index (χ0) is 21.7. The largest absolute Gasteiger partial charge is 0.493 e. The van der Waals surface area contributed by atoms with E-state index >= 15 is 0 Å². The average Bonchev–Trinajstić information content (AvgIpc) is 2.75. The van der Waals surface area contributed by atoms with Gasteiger partial charge in [0.25, 0.3) is 11.8 Å². The predicted molar refractivity (Wildman–Crippen MR) is 112 cm³/mol. The molecule has 2 aromatic rings. The Morgan fingerprint density at radius 3 is 2.60 bits per heavy atom. The number of benzene rings is 2. The second kappa shape index (κ2) is 8.97. The van der Waals surface area contributed by atoms with Gasteiger partial charge in [0.05, 0.1) is 12.8 Å². The first kappa shape index (κ1) is 20.7. The van der Waals surface area contributed by atoms with Crippen LogP contribution < -0.4 is 19.7 Å². The monoisotopic (exact) mass is 404 g/mol. The van der Waals surface area contributed by atoms with Gasteiger partial charge in [-0.05, 0) is 41.8 Å². The van der Waals surface area contributed by atoms with Crippen LogP contribution in [-0.2, 0) is 16.0 Å². The van der Waals surface area contributed by atoms with E-state index in [1.807, 2.05) is 19.1 Å². The number of carbonyl (C=O) groups excluding carboxylic acids is 3. The molecule has 1 heterocycles. The van der Waals surface area contributed by atoms with E-state index in [4.69, 9.17) is 15.9 Å². The Labute approximate surface area is 174 Å². The number of carbonyl (C=O) groups is 3. The van der Waals surface area contributed by atoms with Crippen LogP contribution in [0.1, 0.15) is 18.1 Å². The predicted octanol–water partition coefficient (Wildman–Crippen LogP) is 2.94. The molecule has 0 bridgehead atoms. The number of para-hydroxylation sites is 1. The van der Waals surface area contributed by atoms with Crippen LogP contribution in [0.4, 0.5) is 10.5 Å². The zero-order valence-corrected chi connectivity index (χ0v) is 16.6. The highest BCUT2D eigenvalue weighted by molar-refractivity contribution is 6.39. The van der Waals surface area contributed by atoms with Gasteiger partial charge in [-0.25, -0.2) is 9.69 Å². The molecule has 1 aliphatic heterocycles. The minimum absolute atomic E-state index is 0.0750. The Kier molecular flexibility index (Phi) is 6.18. The maximum atomic E-state index is 13.1. The number of anilines is 1. The van der Waals surface area contributed by atoms with Gasteiger partial charge in [-0.2, -0.15) is 0 Å². The van der Waals surface area contributed by atoms with Crippen LogP contribution in [0.5, 0.6) is 11.5 Å². The lowest BCUT2D eigenvalue weighted by molar-refractivity contribution is -0.122. The van der Waals surface area contributed by atoms with Gasteiger partial charge in [0, 0.05) is 0 Å². The van der Waals surface area contributed by atoms with Crippen LogP contribution in [0.2, 0.25) is 0 Å². The highest BCUT2D eigenvalue weighted by Crippen LogP contribution is 2.30. The first-order chi connectivity index (χ1) is 14.5. The first-order valence-electron chi connectivity index (χ1n) is 9.23. The third kappa shape index (κ3) is 4.03. The first-order valence-corrected chi connectivity index (χ1v) is 9.23. The number of ether oxygens (including phenoxy) is 2. The third-order valence-electron chi connectivity index (χ3n) is 4.52. The summed E-state index contributed by atoms with van der Waals surface area (Å²) in [7, 11) is 1.47. The number of methoxy groups -OCH3 is 1. The number of rotatable bonds is 6. The molecule has 0 aromatic heterocycles. The number of amides is 4. The summed E-state index contributed by atoms with van der Waals surface area (Å²) in [6.45, 7) is 1.99. The Hall–Kier alpha value is -4.05. The quantitative estimate of drug-likeness (QED) is 0.455. The Bertz CT molecular complexity index is 1080. The van der Waals surface area contributed by atoms with Gasteiger partial charge in [-0.15, -0.1) is 6.42 Å². The average molecular weight is 404 g/mol. The maximum absolute atomic E-state index is 13.1. The summed E-state index contributed by atoms with van der Waals surface area (Å²) in [6.07, 6.45) is 7.23. The van der Waals surface area contributed by atoms with E-state index in [0.717, 1.165) is 10.5 Å². The number of nitrogens with zero attached hydrogens (tertiary/aromatic N) is 1. The molecule has 7 nitrogen and oxygen atoms in total. The van der Waals surface area contributed by atoms with E-state index in [1.54, 1.807) is 30.3 Å². The van der Waals surface area contributed by atoms with Crippen LogP contribution in [0, 0.1) is 12.3 Å². The lowest BCUT2D eigenvalue weighted by Gasteiger charge is -2.28. The number of imide groups is 2. The van der Waals surface area contributed by atoms with E-state index in [9.17, 15) is 14.4 Å². The maximum Gasteiger partial charge on any atom is 0.335 e. The van der Waals surface area contributed by atoms with Gasteiger partial charge in [-0.1, -0.05) is 37.1 Å². The summed E-state index contributed by atoms with van der Waals surface area (Å²) in [5.74, 6) is 1.74. The molecule has 1 N–H and O–H groups in total. The highest BCUT2D eigenvalue weighted by Gasteiger charge is 2.37. The zero-order valence-electron chi connectivity index (χ0n) is 16.6. The smallest absolute Gasteiger partial charge is 0.335 e. The summed E-state index contributed by atoms with van der Waals surface area (Å²) in [6, 6.07) is 11.2. The van der Waals surface area contributed by atoms with Crippen LogP contribution >= 0.6 is 0 Å². The number of urea groups is 1. The summed E-state index contributed by atoms with van der Waals surface area (Å²) < 4.78 is 10.7. The molecule has 0 saturated carbocycles. The summed E-state index contributed by atoms with van der Waals surface area (Å²) in [5.41, 5.74) is 1.61. The highest BCUT2D eigenvalue weighted by atomic mass is 16.5. The molecule has 30 heavy (non-hydrogen) atoms. The minimum atomic E-state index is -0.779. The Morgan fingerprint density at radius 1 is 1.13 bits per heavy atom. The van der Waals surface area contributed by atoms with Crippen molar-refractivity contribution in [1.82, 2.24) is 5.32 Å². The number of hydrogen-bond donors (Lipinski definition) is 1. The third-order valence-corrected chi connectivity index (χ3v) is 4.52. The van der Waals surface area contributed by atoms with Crippen molar-refractivity contribution in [3.63, 3.8) is 0 Å². The minimum Gasteiger partial charge on any atom is -0.493 e. The van der Waals surface area contributed by atoms with Crippen molar-refractivity contribution in [2.75, 3.05) is 18.6 Å². The van der Waals surface area contributed by atoms with Crippen molar-refractivity contribution in [2.24, 2.45) is 0 Å². The summed E-state index contributed by atoms with van der Waals surface area (Å²) in [4.78, 5) is 38.9. The van der Waals surface area contributed by atoms with Crippen molar-refractivity contribution < 1.29 is 23.9 Å². The molecule has 3 rings (SSSR count). The molecule has 0 atom stereocenters. The van der Waals surface area contributed by atoms with Crippen LogP contribution in [0.15, 0.2) is 48.0 Å². The van der Waals surface area contributed by atoms with Gasteiger partial charge < -0.3 is 9.47 Å². The second-order valence-corrected chi connectivity index (χ2v) is 6.34. The summed E-state index contributed by atoms with van der Waals surface area (Å²) >= 11 is 0. The fraction of sp³-hybridized carbons (Fsp3) is 0.174. The molecule has 1 aliphatic rings. The van der Waals surface area contributed by atoms with Crippen LogP contribution in [0.3, 0.4) is 0 Å². The normalized spacial score (nSPS) is 15.0. The molecule has 4 amide bonds. The van der Waals surface area contributed by atoms with E-state index < -0.39 is 17.8 Å². The molecule has 1 saturated heterocycles. The van der Waals surface area contributed by atoms with Gasteiger partial charge in [0.1, 0.15) is 12.2 Å². The van der Waals surface area contributed by atoms with Gasteiger partial charge in [-0.3, -0.25) is 14.9 Å². The molecule has 0 unspecified atom stereocenters. The van der Waals surface area contributed by atoms with Crippen LogP contribution in [-0.4, -0.2) is 31.6 Å². The van der Waals surface area contributed by atoms with Crippen molar-refractivity contribution >= 4 is 29.6 Å². The molecule has 7 heteroatoms. The van der Waals surface area contributed by atoms with Crippen molar-refractivity contribution in [1.29, 1.82) is 0 Å². The fourth-order valence-corrected chi connectivity index (χ4v) is 3.08. The molecule has 2 aromatic carbocycles. The Balaban J connectivity index is 2.00. The number of aryl methyl sites for hydroxylation is 1.